The van der Waals surface area contributed by atoms with Crippen LogP contribution >= 0.6 is 11.8 Å². The first kappa shape index (κ1) is 13.3. The van der Waals surface area contributed by atoms with E-state index < -0.39 is 12.1 Å². The van der Waals surface area contributed by atoms with Crippen molar-refractivity contribution >= 4 is 23.6 Å². The van der Waals surface area contributed by atoms with Crippen LogP contribution in [0.1, 0.15) is 13.3 Å². The predicted molar refractivity (Wildman–Crippen MR) is 61.5 cm³/mol. The van der Waals surface area contributed by atoms with Gasteiger partial charge in [-0.2, -0.15) is 11.8 Å². The number of carbonyl (C=O) groups is 2. The Morgan fingerprint density at radius 2 is 2.31 bits per heavy atom. The SMILES string of the molecule is COC(C)C(=O)N1CCSCC1CC(=O)O. The van der Waals surface area contributed by atoms with Crippen molar-refractivity contribution < 1.29 is 19.4 Å². The van der Waals surface area contributed by atoms with E-state index in [2.05, 4.69) is 0 Å². The Balaban J connectivity index is 2.65. The average Bonchev–Trinajstić information content (AvgIpc) is 2.27. The summed E-state index contributed by atoms with van der Waals surface area (Å²) in [6.45, 7) is 2.29. The number of thioether (sulfide) groups is 1. The number of ether oxygens (including phenoxy) is 1. The number of carbonyl (C=O) groups excluding carboxylic acids is 1. The molecular formula is C10H17NO4S. The highest BCUT2D eigenvalue weighted by Gasteiger charge is 2.31. The molecule has 0 aromatic heterocycles. The molecule has 0 aromatic carbocycles. The van der Waals surface area contributed by atoms with Gasteiger partial charge in [-0.15, -0.1) is 0 Å². The first-order valence-electron chi connectivity index (χ1n) is 5.19. The Morgan fingerprint density at radius 1 is 1.62 bits per heavy atom. The fourth-order valence-electron chi connectivity index (χ4n) is 1.65. The highest BCUT2D eigenvalue weighted by Crippen LogP contribution is 2.20. The molecule has 1 heterocycles. The second kappa shape index (κ2) is 6.10. The molecule has 1 aliphatic heterocycles. The molecule has 0 spiro atoms. The summed E-state index contributed by atoms with van der Waals surface area (Å²) < 4.78 is 4.97. The van der Waals surface area contributed by atoms with Gasteiger partial charge in [0.05, 0.1) is 12.5 Å². The van der Waals surface area contributed by atoms with Gasteiger partial charge in [0.25, 0.3) is 5.91 Å². The van der Waals surface area contributed by atoms with Crippen molar-refractivity contribution in [3.63, 3.8) is 0 Å². The van der Waals surface area contributed by atoms with Crippen molar-refractivity contribution in [1.29, 1.82) is 0 Å². The number of nitrogens with zero attached hydrogens (tertiary/aromatic N) is 1. The van der Waals surface area contributed by atoms with Gasteiger partial charge >= 0.3 is 5.97 Å². The lowest BCUT2D eigenvalue weighted by Crippen LogP contribution is -2.50. The van der Waals surface area contributed by atoms with Gasteiger partial charge in [-0.1, -0.05) is 0 Å². The third kappa shape index (κ3) is 3.38. The summed E-state index contributed by atoms with van der Waals surface area (Å²) in [5.41, 5.74) is 0. The average molecular weight is 247 g/mol. The van der Waals surface area contributed by atoms with E-state index in [-0.39, 0.29) is 18.4 Å². The van der Waals surface area contributed by atoms with Crippen molar-refractivity contribution in [1.82, 2.24) is 4.90 Å². The van der Waals surface area contributed by atoms with Crippen LogP contribution in [0.3, 0.4) is 0 Å². The normalized spacial score (nSPS) is 22.9. The minimum Gasteiger partial charge on any atom is -0.481 e. The Hall–Kier alpha value is -0.750. The molecule has 5 nitrogen and oxygen atoms in total. The number of rotatable bonds is 4. The quantitative estimate of drug-likeness (QED) is 0.781. The molecule has 0 aromatic rings. The molecule has 1 N–H and O–H groups in total. The summed E-state index contributed by atoms with van der Waals surface area (Å²) in [6.07, 6.45) is -0.491. The molecule has 0 bridgehead atoms. The third-order valence-electron chi connectivity index (χ3n) is 2.62. The second-order valence-electron chi connectivity index (χ2n) is 3.74. The number of methoxy groups -OCH3 is 1. The van der Waals surface area contributed by atoms with Crippen LogP contribution in [0, 0.1) is 0 Å². The van der Waals surface area contributed by atoms with E-state index in [9.17, 15) is 9.59 Å². The molecule has 0 saturated carbocycles. The smallest absolute Gasteiger partial charge is 0.305 e. The zero-order chi connectivity index (χ0) is 12.1. The standard InChI is InChI=1S/C10H17NO4S/c1-7(15-2)10(14)11-3-4-16-6-8(11)5-9(12)13/h7-8H,3-6H2,1-2H3,(H,12,13). The van der Waals surface area contributed by atoms with E-state index >= 15 is 0 Å². The van der Waals surface area contributed by atoms with Crippen molar-refractivity contribution in [3.05, 3.63) is 0 Å². The van der Waals surface area contributed by atoms with E-state index in [4.69, 9.17) is 9.84 Å². The summed E-state index contributed by atoms with van der Waals surface area (Å²) >= 11 is 1.69. The van der Waals surface area contributed by atoms with Crippen molar-refractivity contribution in [2.75, 3.05) is 25.2 Å². The molecule has 1 amide bonds. The highest BCUT2D eigenvalue weighted by atomic mass is 32.2. The maximum atomic E-state index is 11.9. The van der Waals surface area contributed by atoms with Crippen LogP contribution in [0.15, 0.2) is 0 Å². The lowest BCUT2D eigenvalue weighted by molar-refractivity contribution is -0.145. The first-order chi connectivity index (χ1) is 7.56. The number of aliphatic carboxylic acids is 1. The van der Waals surface area contributed by atoms with Gasteiger partial charge in [0, 0.05) is 25.2 Å². The van der Waals surface area contributed by atoms with E-state index in [1.165, 1.54) is 7.11 Å². The van der Waals surface area contributed by atoms with Gasteiger partial charge < -0.3 is 14.7 Å². The predicted octanol–water partition coefficient (Wildman–Crippen LogP) is 0.440. The van der Waals surface area contributed by atoms with E-state index in [0.29, 0.717) is 12.3 Å². The van der Waals surface area contributed by atoms with Gasteiger partial charge in [0.15, 0.2) is 0 Å². The van der Waals surface area contributed by atoms with Crippen molar-refractivity contribution in [3.8, 4) is 0 Å². The highest BCUT2D eigenvalue weighted by molar-refractivity contribution is 7.99. The Bertz CT molecular complexity index is 272. The van der Waals surface area contributed by atoms with Gasteiger partial charge in [-0.3, -0.25) is 9.59 Å². The fourth-order valence-corrected chi connectivity index (χ4v) is 2.71. The molecule has 92 valence electrons. The van der Waals surface area contributed by atoms with Crippen LogP contribution in [0.4, 0.5) is 0 Å². The van der Waals surface area contributed by atoms with Crippen LogP contribution in [0.25, 0.3) is 0 Å². The maximum absolute atomic E-state index is 11.9. The lowest BCUT2D eigenvalue weighted by Gasteiger charge is -2.35. The minimum atomic E-state index is -0.865. The number of hydrogen-bond acceptors (Lipinski definition) is 4. The maximum Gasteiger partial charge on any atom is 0.305 e. The van der Waals surface area contributed by atoms with Gasteiger partial charge in [-0.05, 0) is 6.92 Å². The van der Waals surface area contributed by atoms with Crippen LogP contribution in [-0.2, 0) is 14.3 Å². The molecule has 1 aliphatic rings. The largest absolute Gasteiger partial charge is 0.481 e. The van der Waals surface area contributed by atoms with Gasteiger partial charge in [0.2, 0.25) is 0 Å². The Labute approximate surface area is 99.1 Å². The topological polar surface area (TPSA) is 66.8 Å². The summed E-state index contributed by atoms with van der Waals surface area (Å²) in [5.74, 6) is 0.566. The van der Waals surface area contributed by atoms with Crippen molar-refractivity contribution in [2.24, 2.45) is 0 Å². The van der Waals surface area contributed by atoms with E-state index in [0.717, 1.165) is 5.75 Å². The summed E-state index contributed by atoms with van der Waals surface area (Å²) in [5, 5.41) is 8.78. The van der Waals surface area contributed by atoms with Gasteiger partial charge in [0.1, 0.15) is 6.10 Å². The molecule has 2 atom stereocenters. The van der Waals surface area contributed by atoms with E-state index in [1.807, 2.05) is 0 Å². The minimum absolute atomic E-state index is 0.00910. The number of amides is 1. The summed E-state index contributed by atoms with van der Waals surface area (Å²) in [4.78, 5) is 24.3. The monoisotopic (exact) mass is 247 g/mol. The molecule has 1 rings (SSSR count). The molecule has 16 heavy (non-hydrogen) atoms. The number of hydrogen-bond donors (Lipinski definition) is 1. The fraction of sp³-hybridized carbons (Fsp3) is 0.800. The van der Waals surface area contributed by atoms with Crippen LogP contribution in [0.2, 0.25) is 0 Å². The lowest BCUT2D eigenvalue weighted by atomic mass is 10.1. The summed E-state index contributed by atoms with van der Waals surface area (Å²) in [6, 6.07) is -0.207. The molecule has 1 saturated heterocycles. The van der Waals surface area contributed by atoms with Crippen LogP contribution in [-0.4, -0.2) is 59.2 Å². The molecular weight excluding hydrogens is 230 g/mol. The van der Waals surface area contributed by atoms with E-state index in [1.54, 1.807) is 23.6 Å². The number of carboxylic acid groups (broad SMARTS) is 1. The third-order valence-corrected chi connectivity index (χ3v) is 3.71. The van der Waals surface area contributed by atoms with Gasteiger partial charge in [-0.25, -0.2) is 0 Å². The van der Waals surface area contributed by atoms with Crippen molar-refractivity contribution in [2.45, 2.75) is 25.5 Å². The molecule has 2 unspecified atom stereocenters. The molecule has 0 aliphatic carbocycles. The second-order valence-corrected chi connectivity index (χ2v) is 4.89. The zero-order valence-electron chi connectivity index (χ0n) is 9.51. The Kier molecular flexibility index (Phi) is 5.08. The molecule has 1 fully saturated rings. The molecule has 0 radical (unpaired) electrons. The first-order valence-corrected chi connectivity index (χ1v) is 6.34. The number of carboxylic acids is 1. The molecule has 6 heteroatoms. The Morgan fingerprint density at radius 3 is 2.88 bits per heavy atom. The van der Waals surface area contributed by atoms with Crippen LogP contribution in [0.5, 0.6) is 0 Å². The zero-order valence-corrected chi connectivity index (χ0v) is 10.3. The van der Waals surface area contributed by atoms with Crippen LogP contribution < -0.4 is 0 Å². The summed E-state index contributed by atoms with van der Waals surface area (Å²) in [7, 11) is 1.48.